The third-order valence-corrected chi connectivity index (χ3v) is 3.94. The molecule has 0 aliphatic carbocycles. The molecule has 1 aromatic carbocycles. The van der Waals surface area contributed by atoms with E-state index in [1.165, 1.54) is 12.4 Å². The van der Waals surface area contributed by atoms with Crippen LogP contribution in [0.3, 0.4) is 0 Å². The fourth-order valence-electron chi connectivity index (χ4n) is 2.49. The lowest BCUT2D eigenvalue weighted by molar-refractivity contribution is -0.124. The molecule has 1 aromatic heterocycles. The molecule has 0 aliphatic rings. The van der Waals surface area contributed by atoms with Crippen LogP contribution in [0.4, 0.5) is 10.5 Å². The highest BCUT2D eigenvalue weighted by Crippen LogP contribution is 2.34. The third kappa shape index (κ3) is 5.90. The molecule has 152 valence electrons. The number of benzene rings is 1. The Morgan fingerprint density at radius 3 is 2.45 bits per heavy atom. The van der Waals surface area contributed by atoms with Crippen LogP contribution < -0.4 is 15.8 Å². The zero-order valence-electron chi connectivity index (χ0n) is 16.7. The first-order valence-corrected chi connectivity index (χ1v) is 8.95. The fourth-order valence-corrected chi connectivity index (χ4v) is 2.49. The molecule has 0 bridgehead atoms. The van der Waals surface area contributed by atoms with E-state index >= 15 is 0 Å². The zero-order chi connectivity index (χ0) is 21.6. The summed E-state index contributed by atoms with van der Waals surface area (Å²) in [6.45, 7) is 7.71. The van der Waals surface area contributed by atoms with Gasteiger partial charge in [0.15, 0.2) is 6.10 Å². The second kappa shape index (κ2) is 9.01. The van der Waals surface area contributed by atoms with Gasteiger partial charge in [0.25, 0.3) is 5.91 Å². The first kappa shape index (κ1) is 21.6. The molecule has 2 rings (SSSR count). The van der Waals surface area contributed by atoms with Gasteiger partial charge in [0, 0.05) is 5.56 Å². The van der Waals surface area contributed by atoms with Gasteiger partial charge in [0.05, 0.1) is 29.7 Å². The summed E-state index contributed by atoms with van der Waals surface area (Å²) in [6.07, 6.45) is 0.987. The summed E-state index contributed by atoms with van der Waals surface area (Å²) in [4.78, 5) is 31.1. The van der Waals surface area contributed by atoms with Gasteiger partial charge in [0.1, 0.15) is 5.75 Å². The number of nitrogens with zero attached hydrogens (tertiary/aromatic N) is 3. The highest BCUT2D eigenvalue weighted by Gasteiger charge is 2.22. The van der Waals surface area contributed by atoms with E-state index in [4.69, 9.17) is 20.5 Å². The number of rotatable bonds is 6. The predicted molar refractivity (Wildman–Crippen MR) is 105 cm³/mol. The van der Waals surface area contributed by atoms with Crippen LogP contribution in [0.25, 0.3) is 0 Å². The topological polar surface area (TPSA) is 140 Å². The van der Waals surface area contributed by atoms with Gasteiger partial charge in [-0.3, -0.25) is 4.79 Å². The summed E-state index contributed by atoms with van der Waals surface area (Å²) in [7, 11) is 0. The Balaban J connectivity index is 2.15. The molecule has 0 aliphatic heterocycles. The van der Waals surface area contributed by atoms with E-state index < -0.39 is 18.1 Å². The number of primary amides is 1. The largest absolute Gasteiger partial charge is 0.436 e. The first-order chi connectivity index (χ1) is 13.6. The summed E-state index contributed by atoms with van der Waals surface area (Å²) < 4.78 is 10.5. The second-order valence-electron chi connectivity index (χ2n) is 7.25. The van der Waals surface area contributed by atoms with Crippen molar-refractivity contribution in [1.29, 1.82) is 5.26 Å². The molecule has 1 heterocycles. The van der Waals surface area contributed by atoms with E-state index in [1.54, 1.807) is 25.1 Å². The Morgan fingerprint density at radius 2 is 1.93 bits per heavy atom. The molecule has 2 amide bonds. The van der Waals surface area contributed by atoms with Crippen LogP contribution >= 0.6 is 0 Å². The van der Waals surface area contributed by atoms with Crippen molar-refractivity contribution in [3.05, 3.63) is 41.7 Å². The van der Waals surface area contributed by atoms with Crippen LogP contribution in [0.5, 0.6) is 11.8 Å². The van der Waals surface area contributed by atoms with Crippen molar-refractivity contribution in [3.8, 4) is 17.8 Å². The Kier molecular flexibility index (Phi) is 6.72. The number of amides is 2. The maximum Gasteiger partial charge on any atom is 0.405 e. The number of carbonyl (C=O) groups is 2. The highest BCUT2D eigenvalue weighted by molar-refractivity contribution is 5.94. The van der Waals surface area contributed by atoms with Crippen LogP contribution in [-0.4, -0.2) is 28.1 Å². The van der Waals surface area contributed by atoms with Gasteiger partial charge in [-0.15, -0.1) is 0 Å². The quantitative estimate of drug-likeness (QED) is 0.762. The molecule has 29 heavy (non-hydrogen) atoms. The summed E-state index contributed by atoms with van der Waals surface area (Å²) in [5.74, 6) is -0.000120. The van der Waals surface area contributed by atoms with Crippen molar-refractivity contribution in [3.63, 3.8) is 0 Å². The molecular formula is C20H23N5O4. The Labute approximate surface area is 168 Å². The highest BCUT2D eigenvalue weighted by atomic mass is 16.6. The Hall–Kier alpha value is -3.67. The monoisotopic (exact) mass is 397 g/mol. The summed E-state index contributed by atoms with van der Waals surface area (Å²) in [6, 6.07) is 7.32. The normalized spacial score (nSPS) is 11.8. The lowest BCUT2D eigenvalue weighted by atomic mass is 9.85. The van der Waals surface area contributed by atoms with E-state index in [2.05, 4.69) is 21.4 Å². The van der Waals surface area contributed by atoms with Crippen molar-refractivity contribution in [2.45, 2.75) is 45.6 Å². The van der Waals surface area contributed by atoms with E-state index in [9.17, 15) is 9.59 Å². The molecule has 9 heteroatoms. The molecule has 0 fully saturated rings. The molecule has 9 nitrogen and oxygen atoms in total. The van der Waals surface area contributed by atoms with Crippen LogP contribution in [0.1, 0.15) is 45.2 Å². The van der Waals surface area contributed by atoms with Crippen molar-refractivity contribution in [1.82, 2.24) is 9.97 Å². The maximum atomic E-state index is 12.1. The molecule has 0 radical (unpaired) electrons. The predicted octanol–water partition coefficient (Wildman–Crippen LogP) is 3.25. The van der Waals surface area contributed by atoms with E-state index in [0.29, 0.717) is 17.0 Å². The summed E-state index contributed by atoms with van der Waals surface area (Å²) in [5.41, 5.74) is 6.38. The lowest BCUT2D eigenvalue weighted by Crippen LogP contribution is -2.33. The van der Waals surface area contributed by atoms with Crippen LogP contribution in [0, 0.1) is 11.3 Å². The molecule has 1 atom stereocenters. The molecule has 2 aromatic rings. The van der Waals surface area contributed by atoms with Gasteiger partial charge >= 0.3 is 12.1 Å². The molecule has 0 unspecified atom stereocenters. The van der Waals surface area contributed by atoms with Gasteiger partial charge in [-0.05, 0) is 30.0 Å². The van der Waals surface area contributed by atoms with Crippen LogP contribution in [0.2, 0.25) is 0 Å². The summed E-state index contributed by atoms with van der Waals surface area (Å²) in [5, 5.41) is 11.7. The second-order valence-corrected chi connectivity index (χ2v) is 7.25. The van der Waals surface area contributed by atoms with Crippen molar-refractivity contribution < 1.29 is 19.1 Å². The molecular weight excluding hydrogens is 374 g/mol. The van der Waals surface area contributed by atoms with Crippen LogP contribution in [-0.2, 0) is 14.9 Å². The number of nitrogens with two attached hydrogens (primary N) is 1. The fraction of sp³-hybridized carbons (Fsp3) is 0.350. The average molecular weight is 397 g/mol. The minimum absolute atomic E-state index is 0.0821. The number of hydrogen-bond acceptors (Lipinski definition) is 7. The van der Waals surface area contributed by atoms with E-state index in [1.807, 2.05) is 20.8 Å². The average Bonchev–Trinajstić information content (AvgIpc) is 2.66. The zero-order valence-corrected chi connectivity index (χ0v) is 16.7. The standard InChI is InChI=1S/C20H23N5O4/c1-5-15(28-18(22)27)17(26)25-13-10-23-19(24-11-13)29-16-7-6-12(9-21)8-14(16)20(2,3)4/h6-8,10-11,15H,5H2,1-4H3,(H2,22,27)(H,25,26)/t15-/m1/s1. The summed E-state index contributed by atoms with van der Waals surface area (Å²) >= 11 is 0. The van der Waals surface area contributed by atoms with E-state index in [-0.39, 0.29) is 17.8 Å². The number of hydrogen-bond donors (Lipinski definition) is 2. The third-order valence-electron chi connectivity index (χ3n) is 3.94. The van der Waals surface area contributed by atoms with Gasteiger partial charge in [-0.2, -0.15) is 5.26 Å². The number of nitriles is 1. The lowest BCUT2D eigenvalue weighted by Gasteiger charge is -2.22. The molecule has 3 N–H and O–H groups in total. The number of nitrogens with one attached hydrogen (secondary N) is 1. The minimum atomic E-state index is -1.02. The SMILES string of the molecule is CC[C@@H](OC(N)=O)C(=O)Nc1cnc(Oc2ccc(C#N)cc2C(C)(C)C)nc1. The van der Waals surface area contributed by atoms with E-state index in [0.717, 1.165) is 5.56 Å². The molecule has 0 saturated heterocycles. The minimum Gasteiger partial charge on any atom is -0.436 e. The van der Waals surface area contributed by atoms with Crippen molar-refractivity contribution in [2.75, 3.05) is 5.32 Å². The van der Waals surface area contributed by atoms with Gasteiger partial charge < -0.3 is 20.5 Å². The maximum absolute atomic E-state index is 12.1. The number of carbonyl (C=O) groups excluding carboxylic acids is 2. The van der Waals surface area contributed by atoms with Gasteiger partial charge in [0.2, 0.25) is 0 Å². The molecule has 0 saturated carbocycles. The van der Waals surface area contributed by atoms with Crippen LogP contribution in [0.15, 0.2) is 30.6 Å². The Bertz CT molecular complexity index is 929. The van der Waals surface area contributed by atoms with Gasteiger partial charge in [-0.25, -0.2) is 14.8 Å². The Morgan fingerprint density at radius 1 is 1.28 bits per heavy atom. The van der Waals surface area contributed by atoms with Crippen molar-refractivity contribution in [2.24, 2.45) is 5.73 Å². The molecule has 0 spiro atoms. The smallest absolute Gasteiger partial charge is 0.405 e. The van der Waals surface area contributed by atoms with Crippen molar-refractivity contribution >= 4 is 17.7 Å². The number of ether oxygens (including phenoxy) is 2. The van der Waals surface area contributed by atoms with Gasteiger partial charge in [-0.1, -0.05) is 27.7 Å². The number of aromatic nitrogens is 2. The first-order valence-electron chi connectivity index (χ1n) is 8.95. The number of anilines is 1.